The Bertz CT molecular complexity index is 952. The number of carbonyl (C=O) groups is 1. The zero-order chi connectivity index (χ0) is 15.8. The number of rotatable bonds is 2. The van der Waals surface area contributed by atoms with E-state index in [9.17, 15) is 9.18 Å². The molecule has 0 aliphatic carbocycles. The Labute approximate surface area is 130 Å². The summed E-state index contributed by atoms with van der Waals surface area (Å²) >= 11 is 0. The molecule has 0 spiro atoms. The molecular weight excluding hydrogens is 297 g/mol. The van der Waals surface area contributed by atoms with Gasteiger partial charge in [0.2, 0.25) is 5.90 Å². The first kappa shape index (κ1) is 13.5. The average molecular weight is 307 g/mol. The van der Waals surface area contributed by atoms with Crippen LogP contribution in [0.15, 0.2) is 69.7 Å². The molecule has 0 atom stereocenters. The molecule has 4 nitrogen and oxygen atoms in total. The number of nitrogens with zero attached hydrogens (tertiary/aromatic N) is 1. The molecule has 1 aliphatic rings. The summed E-state index contributed by atoms with van der Waals surface area (Å²) in [5.74, 6) is -0.431. The molecule has 0 radical (unpaired) electrons. The number of esters is 1. The van der Waals surface area contributed by atoms with Crippen molar-refractivity contribution in [1.29, 1.82) is 0 Å². The van der Waals surface area contributed by atoms with Gasteiger partial charge < -0.3 is 9.15 Å². The first-order chi connectivity index (χ1) is 11.2. The van der Waals surface area contributed by atoms with Crippen LogP contribution in [0.3, 0.4) is 0 Å². The highest BCUT2D eigenvalue weighted by molar-refractivity contribution is 6.12. The zero-order valence-electron chi connectivity index (χ0n) is 11.8. The van der Waals surface area contributed by atoms with Crippen molar-refractivity contribution in [2.45, 2.75) is 0 Å². The molecule has 2 aromatic carbocycles. The number of carbonyl (C=O) groups excluding carboxylic acids is 1. The van der Waals surface area contributed by atoms with Crippen LogP contribution in [-0.4, -0.2) is 11.9 Å². The van der Waals surface area contributed by atoms with E-state index in [1.165, 1.54) is 24.3 Å². The predicted molar refractivity (Wildman–Crippen MR) is 83.2 cm³/mol. The molecule has 0 amide bonds. The number of cyclic esters (lactones) is 1. The molecule has 0 unspecified atom stereocenters. The van der Waals surface area contributed by atoms with Crippen LogP contribution >= 0.6 is 0 Å². The Morgan fingerprint density at radius 2 is 1.91 bits per heavy atom. The van der Waals surface area contributed by atoms with E-state index in [0.29, 0.717) is 11.3 Å². The van der Waals surface area contributed by atoms with E-state index in [2.05, 4.69) is 4.99 Å². The number of hydrogen-bond acceptors (Lipinski definition) is 4. The van der Waals surface area contributed by atoms with Crippen molar-refractivity contribution < 1.29 is 18.3 Å². The molecule has 0 bridgehead atoms. The van der Waals surface area contributed by atoms with Crippen LogP contribution in [0.5, 0.6) is 0 Å². The maximum Gasteiger partial charge on any atom is 0.363 e. The molecule has 0 saturated carbocycles. The molecule has 112 valence electrons. The van der Waals surface area contributed by atoms with Gasteiger partial charge >= 0.3 is 5.97 Å². The van der Waals surface area contributed by atoms with E-state index in [1.54, 1.807) is 6.07 Å². The Hall–Kier alpha value is -3.21. The molecular formula is C18H10FNO3. The Morgan fingerprint density at radius 3 is 2.74 bits per heavy atom. The normalized spacial score (nSPS) is 16.0. The molecule has 3 aromatic rings. The standard InChI is InChI=1S/C18H10FNO3/c19-13-6-3-5-12(8-13)17-20-15(18(21)23-17)10-14-9-11-4-1-2-7-16(11)22-14/h1-10H/b15-10+. The zero-order valence-corrected chi connectivity index (χ0v) is 11.8. The summed E-state index contributed by atoms with van der Waals surface area (Å²) in [7, 11) is 0. The van der Waals surface area contributed by atoms with Crippen LogP contribution < -0.4 is 0 Å². The third kappa shape index (κ3) is 2.53. The topological polar surface area (TPSA) is 51.8 Å². The quantitative estimate of drug-likeness (QED) is 0.532. The second-order valence-electron chi connectivity index (χ2n) is 5.03. The van der Waals surface area contributed by atoms with Crippen LogP contribution in [0.25, 0.3) is 17.0 Å². The number of ether oxygens (including phenoxy) is 1. The highest BCUT2D eigenvalue weighted by Gasteiger charge is 2.24. The summed E-state index contributed by atoms with van der Waals surface area (Å²) in [4.78, 5) is 16.0. The van der Waals surface area contributed by atoms with Gasteiger partial charge in [-0.15, -0.1) is 0 Å². The fourth-order valence-electron chi connectivity index (χ4n) is 2.36. The van der Waals surface area contributed by atoms with Crippen LogP contribution in [0.2, 0.25) is 0 Å². The van der Waals surface area contributed by atoms with Crippen LogP contribution in [0.1, 0.15) is 11.3 Å². The minimum atomic E-state index is -0.593. The highest BCUT2D eigenvalue weighted by Crippen LogP contribution is 2.24. The van der Waals surface area contributed by atoms with Crippen LogP contribution in [0, 0.1) is 5.82 Å². The third-order valence-electron chi connectivity index (χ3n) is 3.42. The third-order valence-corrected chi connectivity index (χ3v) is 3.42. The number of para-hydroxylation sites is 1. The van der Waals surface area contributed by atoms with E-state index in [-0.39, 0.29) is 11.6 Å². The minimum absolute atomic E-state index is 0.0804. The first-order valence-electron chi connectivity index (χ1n) is 6.96. The van der Waals surface area contributed by atoms with Crippen LogP contribution in [-0.2, 0) is 9.53 Å². The molecule has 5 heteroatoms. The number of benzene rings is 2. The maximum atomic E-state index is 13.3. The lowest BCUT2D eigenvalue weighted by Gasteiger charge is -1.98. The summed E-state index contributed by atoms with van der Waals surface area (Å²) in [6.07, 6.45) is 1.51. The van der Waals surface area contributed by atoms with Crippen LogP contribution in [0.4, 0.5) is 4.39 Å². The minimum Gasteiger partial charge on any atom is -0.457 e. The number of furan rings is 1. The molecule has 0 N–H and O–H groups in total. The van der Waals surface area contributed by atoms with Crippen molar-refractivity contribution in [3.8, 4) is 0 Å². The summed E-state index contributed by atoms with van der Waals surface area (Å²) in [5, 5.41) is 0.931. The van der Waals surface area contributed by atoms with Crippen molar-refractivity contribution in [3.05, 3.63) is 77.4 Å². The summed E-state index contributed by atoms with van der Waals surface area (Å²) < 4.78 is 24.0. The van der Waals surface area contributed by atoms with Gasteiger partial charge in [-0.25, -0.2) is 14.2 Å². The molecule has 1 aliphatic heterocycles. The van der Waals surface area contributed by atoms with Crippen molar-refractivity contribution in [3.63, 3.8) is 0 Å². The van der Waals surface area contributed by atoms with Gasteiger partial charge in [-0.2, -0.15) is 0 Å². The monoisotopic (exact) mass is 307 g/mol. The van der Waals surface area contributed by atoms with Gasteiger partial charge in [-0.1, -0.05) is 24.3 Å². The Kier molecular flexibility index (Phi) is 3.05. The smallest absolute Gasteiger partial charge is 0.363 e. The van der Waals surface area contributed by atoms with Crippen molar-refractivity contribution in [2.75, 3.05) is 0 Å². The van der Waals surface area contributed by atoms with Gasteiger partial charge in [0.05, 0.1) is 0 Å². The summed E-state index contributed by atoms with van der Waals surface area (Å²) in [6, 6.07) is 15.1. The number of fused-ring (bicyclic) bond motifs is 1. The van der Waals surface area contributed by atoms with Gasteiger partial charge in [0.15, 0.2) is 5.70 Å². The highest BCUT2D eigenvalue weighted by atomic mass is 19.1. The summed E-state index contributed by atoms with van der Waals surface area (Å²) in [6.45, 7) is 0. The van der Waals surface area contributed by atoms with Crippen molar-refractivity contribution in [1.82, 2.24) is 0 Å². The molecule has 0 fully saturated rings. The fraction of sp³-hybridized carbons (Fsp3) is 0. The number of aliphatic imine (C=N–C) groups is 1. The van der Waals surface area contributed by atoms with Gasteiger partial charge in [0.25, 0.3) is 0 Å². The maximum absolute atomic E-state index is 13.3. The second kappa shape index (κ2) is 5.21. The largest absolute Gasteiger partial charge is 0.457 e. The predicted octanol–water partition coefficient (Wildman–Crippen LogP) is 3.92. The molecule has 2 heterocycles. The molecule has 23 heavy (non-hydrogen) atoms. The SMILES string of the molecule is O=C1OC(c2cccc(F)c2)=N/C1=C/c1cc2ccccc2o1. The van der Waals surface area contributed by atoms with E-state index in [4.69, 9.17) is 9.15 Å². The number of halogens is 1. The molecule has 0 saturated heterocycles. The van der Waals surface area contributed by atoms with E-state index in [0.717, 1.165) is 11.0 Å². The van der Waals surface area contributed by atoms with Crippen molar-refractivity contribution in [2.24, 2.45) is 4.99 Å². The van der Waals surface area contributed by atoms with Gasteiger partial charge in [-0.05, 0) is 30.3 Å². The molecule has 1 aromatic heterocycles. The van der Waals surface area contributed by atoms with E-state index in [1.807, 2.05) is 30.3 Å². The first-order valence-corrected chi connectivity index (χ1v) is 6.96. The lowest BCUT2D eigenvalue weighted by Crippen LogP contribution is -2.05. The molecule has 4 rings (SSSR count). The lowest BCUT2D eigenvalue weighted by atomic mass is 10.2. The van der Waals surface area contributed by atoms with Gasteiger partial charge in [0.1, 0.15) is 17.2 Å². The van der Waals surface area contributed by atoms with Crippen molar-refractivity contribution >= 4 is 28.9 Å². The Balaban J connectivity index is 1.72. The Morgan fingerprint density at radius 1 is 1.04 bits per heavy atom. The number of hydrogen-bond donors (Lipinski definition) is 0. The average Bonchev–Trinajstić information content (AvgIpc) is 3.11. The van der Waals surface area contributed by atoms with Gasteiger partial charge in [-0.3, -0.25) is 0 Å². The van der Waals surface area contributed by atoms with Gasteiger partial charge in [0, 0.05) is 17.0 Å². The second-order valence-corrected chi connectivity index (χ2v) is 5.03. The fourth-order valence-corrected chi connectivity index (χ4v) is 2.36. The summed E-state index contributed by atoms with van der Waals surface area (Å²) in [5.41, 5.74) is 1.25. The van der Waals surface area contributed by atoms with E-state index < -0.39 is 11.8 Å². The van der Waals surface area contributed by atoms with E-state index >= 15 is 0 Å². The lowest BCUT2D eigenvalue weighted by molar-refractivity contribution is -0.129.